The maximum Gasteiger partial charge on any atom is 0.306 e. The molecule has 0 aromatic heterocycles. The number of unbranched alkanes of at least 4 members (excludes halogenated alkanes) is 40. The van der Waals surface area contributed by atoms with Crippen LogP contribution in [0.2, 0.25) is 0 Å². The topological polar surface area (TPSA) is 78.9 Å². The zero-order valence-corrected chi connectivity index (χ0v) is 48.9. The van der Waals surface area contributed by atoms with Gasteiger partial charge >= 0.3 is 17.9 Å². The molecule has 0 spiro atoms. The Bertz CT molecular complexity index is 1270. The normalized spacial score (nSPS) is 12.3. The number of carbonyl (C=O) groups is 3. The van der Waals surface area contributed by atoms with Gasteiger partial charge in [0.05, 0.1) is 0 Å². The Morgan fingerprint density at radius 3 is 0.836 bits per heavy atom. The highest BCUT2D eigenvalue weighted by Crippen LogP contribution is 2.17. The van der Waals surface area contributed by atoms with E-state index < -0.39 is 6.10 Å². The Labute approximate surface area is 454 Å². The molecule has 1 atom stereocenters. The van der Waals surface area contributed by atoms with Crippen LogP contribution < -0.4 is 0 Å². The summed E-state index contributed by atoms with van der Waals surface area (Å²) in [6.07, 6.45) is 76.9. The van der Waals surface area contributed by atoms with Crippen LogP contribution in [0.3, 0.4) is 0 Å². The fourth-order valence-corrected chi connectivity index (χ4v) is 9.46. The molecule has 0 radical (unpaired) electrons. The summed E-state index contributed by atoms with van der Waals surface area (Å²) in [4.78, 5) is 38.3. The van der Waals surface area contributed by atoms with Gasteiger partial charge in [0.2, 0.25) is 0 Å². The molecule has 0 aromatic carbocycles. The van der Waals surface area contributed by atoms with Crippen molar-refractivity contribution >= 4 is 17.9 Å². The van der Waals surface area contributed by atoms with E-state index in [4.69, 9.17) is 14.2 Å². The van der Waals surface area contributed by atoms with E-state index in [9.17, 15) is 14.4 Å². The second kappa shape index (κ2) is 61.9. The van der Waals surface area contributed by atoms with Gasteiger partial charge in [0.25, 0.3) is 0 Å². The fraction of sp³-hybridized carbons (Fsp3) is 0.836. The monoisotopic (exact) mass is 1020 g/mol. The van der Waals surface area contributed by atoms with Crippen LogP contribution in [0.1, 0.15) is 342 Å². The minimum Gasteiger partial charge on any atom is -0.462 e. The van der Waals surface area contributed by atoms with E-state index >= 15 is 0 Å². The molecule has 0 amide bonds. The van der Waals surface area contributed by atoms with Crippen molar-refractivity contribution in [1.82, 2.24) is 0 Å². The predicted octanol–water partition coefficient (Wildman–Crippen LogP) is 21.8. The van der Waals surface area contributed by atoms with Crippen LogP contribution in [-0.2, 0) is 28.6 Å². The molecule has 0 N–H and O–H groups in total. The summed E-state index contributed by atoms with van der Waals surface area (Å²) in [5, 5.41) is 0. The van der Waals surface area contributed by atoms with Crippen LogP contribution >= 0.6 is 0 Å². The molecule has 0 heterocycles. The standard InChI is InChI=1S/C67H122O6/c1-4-7-10-13-16-19-22-25-28-31-33-36-39-42-45-48-51-54-57-60-66(69)72-63-64(62-71-65(68)59-56-53-50-47-44-41-38-35-30-27-24-21-18-15-12-9-6-3)73-67(70)61-58-55-52-49-46-43-40-37-34-32-29-26-23-20-17-14-11-8-5-2/h26-27,29-30,38,41,47,50,64H,4-25,28,31-37,39-40,42-46,48-49,51-63H2,1-3H3/b29-26-,30-27-,41-38-,50-47-/t64-/m1/s1. The van der Waals surface area contributed by atoms with Gasteiger partial charge in [-0.2, -0.15) is 0 Å². The molecule has 73 heavy (non-hydrogen) atoms. The number of esters is 3. The molecule has 0 rings (SSSR count). The first kappa shape index (κ1) is 70.4. The Kier molecular flexibility index (Phi) is 59.7. The first-order valence-electron chi connectivity index (χ1n) is 32.1. The van der Waals surface area contributed by atoms with Crippen LogP contribution in [0.15, 0.2) is 48.6 Å². The quantitative estimate of drug-likeness (QED) is 0.0261. The first-order chi connectivity index (χ1) is 36.0. The lowest BCUT2D eigenvalue weighted by Gasteiger charge is -2.18. The van der Waals surface area contributed by atoms with Gasteiger partial charge in [-0.05, 0) is 77.0 Å². The second-order valence-corrected chi connectivity index (χ2v) is 21.7. The summed E-state index contributed by atoms with van der Waals surface area (Å²) in [7, 11) is 0. The third-order valence-corrected chi connectivity index (χ3v) is 14.3. The van der Waals surface area contributed by atoms with Gasteiger partial charge in [-0.3, -0.25) is 14.4 Å². The van der Waals surface area contributed by atoms with Gasteiger partial charge in [-0.15, -0.1) is 0 Å². The summed E-state index contributed by atoms with van der Waals surface area (Å²) >= 11 is 0. The summed E-state index contributed by atoms with van der Waals surface area (Å²) in [5.74, 6) is -0.921. The van der Waals surface area contributed by atoms with Gasteiger partial charge in [0, 0.05) is 19.3 Å². The average molecular weight is 1020 g/mol. The predicted molar refractivity (Wildman–Crippen MR) is 316 cm³/mol. The lowest BCUT2D eigenvalue weighted by Crippen LogP contribution is -2.30. The summed E-state index contributed by atoms with van der Waals surface area (Å²) < 4.78 is 16.9. The molecule has 0 fully saturated rings. The van der Waals surface area contributed by atoms with Crippen molar-refractivity contribution < 1.29 is 28.6 Å². The number of hydrogen-bond acceptors (Lipinski definition) is 6. The minimum absolute atomic E-state index is 0.0857. The average Bonchev–Trinajstić information content (AvgIpc) is 3.39. The van der Waals surface area contributed by atoms with Crippen molar-refractivity contribution in [2.75, 3.05) is 13.2 Å². The summed E-state index contributed by atoms with van der Waals surface area (Å²) in [6.45, 7) is 6.64. The van der Waals surface area contributed by atoms with Crippen molar-refractivity contribution in [3.05, 3.63) is 48.6 Å². The number of ether oxygens (including phenoxy) is 3. The van der Waals surface area contributed by atoms with Gasteiger partial charge < -0.3 is 14.2 Å². The van der Waals surface area contributed by atoms with Crippen molar-refractivity contribution in [3.63, 3.8) is 0 Å². The molecule has 6 heteroatoms. The molecule has 0 aromatic rings. The highest BCUT2D eigenvalue weighted by molar-refractivity contribution is 5.71. The molecular formula is C67H122O6. The van der Waals surface area contributed by atoms with E-state index in [1.54, 1.807) is 0 Å². The van der Waals surface area contributed by atoms with Gasteiger partial charge in [-0.25, -0.2) is 0 Å². The lowest BCUT2D eigenvalue weighted by atomic mass is 10.0. The Morgan fingerprint density at radius 2 is 0.507 bits per heavy atom. The van der Waals surface area contributed by atoms with E-state index in [1.165, 1.54) is 238 Å². The largest absolute Gasteiger partial charge is 0.462 e. The Morgan fingerprint density at radius 1 is 0.274 bits per heavy atom. The van der Waals surface area contributed by atoms with Crippen molar-refractivity contribution in [2.24, 2.45) is 0 Å². The fourth-order valence-electron chi connectivity index (χ4n) is 9.46. The van der Waals surface area contributed by atoms with Crippen LogP contribution in [0.25, 0.3) is 0 Å². The zero-order valence-electron chi connectivity index (χ0n) is 48.9. The molecule has 6 nitrogen and oxygen atoms in total. The molecule has 426 valence electrons. The third-order valence-electron chi connectivity index (χ3n) is 14.3. The molecule has 0 bridgehead atoms. The highest BCUT2D eigenvalue weighted by atomic mass is 16.6. The maximum absolute atomic E-state index is 12.9. The SMILES string of the molecule is CCCCCCCC/C=C\C/C=C\C/C=C\CCCC(=O)OC[C@H](COC(=O)CCCCCCCCCCCCCCCCCCCCC)OC(=O)CCCCCCCCCCC/C=C\CCCCCCCC. The van der Waals surface area contributed by atoms with Gasteiger partial charge in [0.1, 0.15) is 13.2 Å². The molecule has 0 saturated heterocycles. The maximum atomic E-state index is 12.9. The summed E-state index contributed by atoms with van der Waals surface area (Å²) in [6, 6.07) is 0. The third kappa shape index (κ3) is 60.1. The Balaban J connectivity index is 4.39. The number of rotatable bonds is 59. The van der Waals surface area contributed by atoms with Gasteiger partial charge in [-0.1, -0.05) is 294 Å². The van der Waals surface area contributed by atoms with Crippen LogP contribution in [0, 0.1) is 0 Å². The van der Waals surface area contributed by atoms with Crippen molar-refractivity contribution in [3.8, 4) is 0 Å². The lowest BCUT2D eigenvalue weighted by molar-refractivity contribution is -0.167. The van der Waals surface area contributed by atoms with E-state index in [1.807, 2.05) is 0 Å². The molecule has 0 unspecified atom stereocenters. The summed E-state index contributed by atoms with van der Waals surface area (Å²) in [5.41, 5.74) is 0. The number of carbonyl (C=O) groups excluding carboxylic acids is 3. The molecule has 0 aliphatic rings. The molecular weight excluding hydrogens is 901 g/mol. The Hall–Kier alpha value is -2.63. The van der Waals surface area contributed by atoms with E-state index in [0.29, 0.717) is 25.7 Å². The molecule has 0 aliphatic heterocycles. The van der Waals surface area contributed by atoms with E-state index in [0.717, 1.165) is 57.8 Å². The van der Waals surface area contributed by atoms with E-state index in [-0.39, 0.29) is 31.1 Å². The zero-order chi connectivity index (χ0) is 52.9. The first-order valence-corrected chi connectivity index (χ1v) is 32.1. The van der Waals surface area contributed by atoms with Crippen LogP contribution in [-0.4, -0.2) is 37.2 Å². The van der Waals surface area contributed by atoms with Crippen molar-refractivity contribution in [2.45, 2.75) is 348 Å². The number of hydrogen-bond donors (Lipinski definition) is 0. The highest BCUT2D eigenvalue weighted by Gasteiger charge is 2.19. The van der Waals surface area contributed by atoms with Gasteiger partial charge in [0.15, 0.2) is 6.10 Å². The molecule has 0 saturated carbocycles. The smallest absolute Gasteiger partial charge is 0.306 e. The van der Waals surface area contributed by atoms with E-state index in [2.05, 4.69) is 69.4 Å². The minimum atomic E-state index is -0.793. The molecule has 0 aliphatic carbocycles. The number of allylic oxidation sites excluding steroid dienone is 8. The van der Waals surface area contributed by atoms with Crippen LogP contribution in [0.5, 0.6) is 0 Å². The van der Waals surface area contributed by atoms with Crippen molar-refractivity contribution in [1.29, 1.82) is 0 Å². The second-order valence-electron chi connectivity index (χ2n) is 21.7. The van der Waals surface area contributed by atoms with Crippen LogP contribution in [0.4, 0.5) is 0 Å².